The van der Waals surface area contributed by atoms with Crippen molar-refractivity contribution in [2.24, 2.45) is 0 Å². The third-order valence-electron chi connectivity index (χ3n) is 4.75. The molecule has 1 aromatic carbocycles. The Morgan fingerprint density at radius 3 is 2.22 bits per heavy atom. The number of esters is 1. The summed E-state index contributed by atoms with van der Waals surface area (Å²) in [7, 11) is -3.61. The number of nitrogens with zero attached hydrogens (tertiary/aromatic N) is 2. The van der Waals surface area contributed by atoms with Crippen molar-refractivity contribution in [3.8, 4) is 0 Å². The molecule has 2 aliphatic heterocycles. The topological polar surface area (TPSA) is 93.2 Å². The number of carbonyl (C=O) groups is 2. The smallest absolute Gasteiger partial charge is 0.338 e. The van der Waals surface area contributed by atoms with Gasteiger partial charge in [0.05, 0.1) is 23.7 Å². The van der Waals surface area contributed by atoms with E-state index in [1.54, 1.807) is 11.8 Å². The van der Waals surface area contributed by atoms with Gasteiger partial charge in [0.25, 0.3) is 5.91 Å². The molecule has 3 rings (SSSR count). The first-order chi connectivity index (χ1) is 12.9. The summed E-state index contributed by atoms with van der Waals surface area (Å²) in [5.74, 6) is -0.849. The van der Waals surface area contributed by atoms with Crippen LogP contribution in [0.5, 0.6) is 0 Å². The fourth-order valence-electron chi connectivity index (χ4n) is 3.17. The standard InChI is InChI=1S/C18H24N2O6S/c1-14(17(21)19-8-2-3-9-19)26-18(22)15-4-6-16(7-5-15)27(23,24)20-10-12-25-13-11-20/h4-7,14H,2-3,8-13H2,1H3/t14-/m1/s1. The van der Waals surface area contributed by atoms with Gasteiger partial charge in [0.2, 0.25) is 10.0 Å². The number of likely N-dealkylation sites (tertiary alicyclic amines) is 1. The molecule has 2 heterocycles. The van der Waals surface area contributed by atoms with Gasteiger partial charge in [-0.1, -0.05) is 0 Å². The summed E-state index contributed by atoms with van der Waals surface area (Å²) in [6.07, 6.45) is 1.06. The molecule has 1 amide bonds. The zero-order valence-corrected chi connectivity index (χ0v) is 16.1. The zero-order valence-electron chi connectivity index (χ0n) is 15.3. The van der Waals surface area contributed by atoms with E-state index in [0.29, 0.717) is 39.4 Å². The first-order valence-electron chi connectivity index (χ1n) is 9.07. The number of hydrogen-bond acceptors (Lipinski definition) is 6. The highest BCUT2D eigenvalue weighted by Crippen LogP contribution is 2.18. The Morgan fingerprint density at radius 2 is 1.63 bits per heavy atom. The predicted octanol–water partition coefficient (Wildman–Crippen LogP) is 0.875. The highest BCUT2D eigenvalue weighted by atomic mass is 32.2. The fourth-order valence-corrected chi connectivity index (χ4v) is 4.58. The van der Waals surface area contributed by atoms with Gasteiger partial charge in [-0.05, 0) is 44.0 Å². The molecule has 0 aromatic heterocycles. The minimum absolute atomic E-state index is 0.113. The highest BCUT2D eigenvalue weighted by molar-refractivity contribution is 7.89. The average Bonchev–Trinajstić information content (AvgIpc) is 3.23. The maximum atomic E-state index is 12.6. The van der Waals surface area contributed by atoms with Crippen LogP contribution in [-0.2, 0) is 24.3 Å². The highest BCUT2D eigenvalue weighted by Gasteiger charge is 2.28. The average molecular weight is 396 g/mol. The van der Waals surface area contributed by atoms with Gasteiger partial charge in [-0.15, -0.1) is 0 Å². The molecule has 2 aliphatic rings. The van der Waals surface area contributed by atoms with E-state index in [9.17, 15) is 18.0 Å². The molecular weight excluding hydrogens is 372 g/mol. The van der Waals surface area contributed by atoms with E-state index < -0.39 is 22.1 Å². The Balaban J connectivity index is 1.64. The predicted molar refractivity (Wildman–Crippen MR) is 96.7 cm³/mol. The molecule has 0 radical (unpaired) electrons. The quantitative estimate of drug-likeness (QED) is 0.686. The Hall–Kier alpha value is -1.97. The zero-order chi connectivity index (χ0) is 19.4. The minimum atomic E-state index is -3.61. The van der Waals surface area contributed by atoms with Crippen LogP contribution in [-0.4, -0.2) is 75.0 Å². The lowest BCUT2D eigenvalue weighted by atomic mass is 10.2. The molecule has 2 fully saturated rings. The second-order valence-corrected chi connectivity index (χ2v) is 8.56. The van der Waals surface area contributed by atoms with Crippen molar-refractivity contribution in [2.75, 3.05) is 39.4 Å². The van der Waals surface area contributed by atoms with E-state index in [-0.39, 0.29) is 16.4 Å². The van der Waals surface area contributed by atoms with Crippen LogP contribution in [0.2, 0.25) is 0 Å². The molecule has 0 unspecified atom stereocenters. The van der Waals surface area contributed by atoms with Crippen LogP contribution in [0.3, 0.4) is 0 Å². The van der Waals surface area contributed by atoms with Crippen LogP contribution in [0.1, 0.15) is 30.1 Å². The first kappa shape index (κ1) is 19.8. The lowest BCUT2D eigenvalue weighted by molar-refractivity contribution is -0.138. The van der Waals surface area contributed by atoms with Crippen LogP contribution in [0.15, 0.2) is 29.2 Å². The van der Waals surface area contributed by atoms with E-state index in [2.05, 4.69) is 0 Å². The second kappa shape index (κ2) is 8.37. The van der Waals surface area contributed by atoms with E-state index in [1.807, 2.05) is 0 Å². The van der Waals surface area contributed by atoms with Crippen molar-refractivity contribution in [1.29, 1.82) is 0 Å². The van der Waals surface area contributed by atoms with Gasteiger partial charge in [0.15, 0.2) is 6.10 Å². The Bertz CT molecular complexity index is 781. The Labute approximate surface area is 159 Å². The van der Waals surface area contributed by atoms with Gasteiger partial charge in [0, 0.05) is 26.2 Å². The second-order valence-electron chi connectivity index (χ2n) is 6.62. The van der Waals surface area contributed by atoms with Gasteiger partial charge in [0.1, 0.15) is 0 Å². The number of rotatable bonds is 5. The molecule has 148 valence electrons. The van der Waals surface area contributed by atoms with Gasteiger partial charge < -0.3 is 14.4 Å². The molecule has 1 atom stereocenters. The molecule has 0 aliphatic carbocycles. The van der Waals surface area contributed by atoms with Crippen LogP contribution in [0.25, 0.3) is 0 Å². The largest absolute Gasteiger partial charge is 0.449 e. The number of ether oxygens (including phenoxy) is 2. The maximum absolute atomic E-state index is 12.6. The molecule has 9 heteroatoms. The summed E-state index contributed by atoms with van der Waals surface area (Å²) in [6, 6.07) is 5.58. The van der Waals surface area contributed by atoms with Crippen molar-refractivity contribution in [3.05, 3.63) is 29.8 Å². The molecular formula is C18H24N2O6S. The summed E-state index contributed by atoms with van der Waals surface area (Å²) < 4.78 is 37.0. The Morgan fingerprint density at radius 1 is 1.04 bits per heavy atom. The molecule has 0 spiro atoms. The van der Waals surface area contributed by atoms with Gasteiger partial charge >= 0.3 is 5.97 Å². The molecule has 0 N–H and O–H groups in total. The summed E-state index contributed by atoms with van der Waals surface area (Å²) in [5, 5.41) is 0. The lowest BCUT2D eigenvalue weighted by Crippen LogP contribution is -2.40. The molecule has 1 aromatic rings. The van der Waals surface area contributed by atoms with Crippen molar-refractivity contribution >= 4 is 21.9 Å². The summed E-state index contributed by atoms with van der Waals surface area (Å²) in [4.78, 5) is 26.3. The van der Waals surface area contributed by atoms with E-state index in [4.69, 9.17) is 9.47 Å². The number of benzene rings is 1. The normalized spacial score (nSPS) is 19.7. The number of amides is 1. The summed E-state index contributed by atoms with van der Waals surface area (Å²) in [5.41, 5.74) is 0.206. The number of hydrogen-bond donors (Lipinski definition) is 0. The molecule has 0 saturated carbocycles. The summed E-state index contributed by atoms with van der Waals surface area (Å²) >= 11 is 0. The van der Waals surface area contributed by atoms with Crippen molar-refractivity contribution < 1.29 is 27.5 Å². The third kappa shape index (κ3) is 4.48. The lowest BCUT2D eigenvalue weighted by Gasteiger charge is -2.26. The van der Waals surface area contributed by atoms with Gasteiger partial charge in [-0.2, -0.15) is 4.31 Å². The monoisotopic (exact) mass is 396 g/mol. The van der Waals surface area contributed by atoms with Crippen molar-refractivity contribution in [1.82, 2.24) is 9.21 Å². The van der Waals surface area contributed by atoms with Gasteiger partial charge in [-0.3, -0.25) is 4.79 Å². The van der Waals surface area contributed by atoms with Crippen molar-refractivity contribution in [2.45, 2.75) is 30.8 Å². The summed E-state index contributed by atoms with van der Waals surface area (Å²) in [6.45, 7) is 4.28. The van der Waals surface area contributed by atoms with Crippen molar-refractivity contribution in [3.63, 3.8) is 0 Å². The van der Waals surface area contributed by atoms with Crippen LogP contribution in [0.4, 0.5) is 0 Å². The van der Waals surface area contributed by atoms with Crippen LogP contribution < -0.4 is 0 Å². The molecule has 8 nitrogen and oxygen atoms in total. The number of morpholine rings is 1. The first-order valence-corrected chi connectivity index (χ1v) is 10.5. The number of carbonyl (C=O) groups excluding carboxylic acids is 2. The van der Waals surface area contributed by atoms with E-state index >= 15 is 0 Å². The SMILES string of the molecule is C[C@@H](OC(=O)c1ccc(S(=O)(=O)N2CCOCC2)cc1)C(=O)N1CCCC1. The fraction of sp³-hybridized carbons (Fsp3) is 0.556. The van der Waals surface area contributed by atoms with Gasteiger partial charge in [-0.25, -0.2) is 13.2 Å². The van der Waals surface area contributed by atoms with E-state index in [0.717, 1.165) is 12.8 Å². The van der Waals surface area contributed by atoms with Crippen LogP contribution >= 0.6 is 0 Å². The molecule has 0 bridgehead atoms. The molecule has 2 saturated heterocycles. The van der Waals surface area contributed by atoms with E-state index in [1.165, 1.54) is 28.6 Å². The number of sulfonamides is 1. The maximum Gasteiger partial charge on any atom is 0.338 e. The Kier molecular flexibility index (Phi) is 6.13. The molecule has 27 heavy (non-hydrogen) atoms. The third-order valence-corrected chi connectivity index (χ3v) is 6.66. The minimum Gasteiger partial charge on any atom is -0.449 e. The van der Waals surface area contributed by atoms with Crippen LogP contribution in [0, 0.1) is 0 Å².